The molecule has 0 heteroatoms. The van der Waals surface area contributed by atoms with Crippen LogP contribution < -0.4 is 0 Å². The van der Waals surface area contributed by atoms with E-state index in [0.29, 0.717) is 5.41 Å². The summed E-state index contributed by atoms with van der Waals surface area (Å²) >= 11 is 0. The van der Waals surface area contributed by atoms with E-state index in [4.69, 9.17) is 0 Å². The van der Waals surface area contributed by atoms with Gasteiger partial charge in [-0.25, -0.2) is 0 Å². The molecule has 0 aromatic carbocycles. The molecule has 2 aliphatic rings. The van der Waals surface area contributed by atoms with Gasteiger partial charge in [-0.05, 0) is 60.7 Å². The van der Waals surface area contributed by atoms with E-state index < -0.39 is 0 Å². The van der Waals surface area contributed by atoms with Crippen molar-refractivity contribution in [2.75, 3.05) is 0 Å². The van der Waals surface area contributed by atoms with Crippen molar-refractivity contribution in [1.29, 1.82) is 0 Å². The van der Waals surface area contributed by atoms with Gasteiger partial charge < -0.3 is 0 Å². The fourth-order valence-electron chi connectivity index (χ4n) is 4.45. The third-order valence-corrected chi connectivity index (χ3v) is 6.53. The maximum absolute atomic E-state index is 2.40. The fourth-order valence-corrected chi connectivity index (χ4v) is 4.45. The zero-order chi connectivity index (χ0) is 16.8. The van der Waals surface area contributed by atoms with Gasteiger partial charge in [-0.2, -0.15) is 0 Å². The first-order valence-corrected chi connectivity index (χ1v) is 10.2. The standard InChI is InChI=1S/C13H26.C9H18/c1-10(2)11-6-8-12(9-7-11)13(3,4)5;1-8(2)9-6-4-3-5-7-9/h10-12H,6-9H2,1-5H3;8-9H,3-7H2,1-2H3. The van der Waals surface area contributed by atoms with Gasteiger partial charge in [0.15, 0.2) is 0 Å². The minimum absolute atomic E-state index is 0.544. The van der Waals surface area contributed by atoms with Crippen LogP contribution in [0.3, 0.4) is 0 Å². The normalized spacial score (nSPS) is 27.7. The summed E-state index contributed by atoms with van der Waals surface area (Å²) in [7, 11) is 0. The third-order valence-electron chi connectivity index (χ3n) is 6.53. The molecule has 0 atom stereocenters. The summed E-state index contributed by atoms with van der Waals surface area (Å²) < 4.78 is 0. The molecule has 0 aliphatic heterocycles. The summed E-state index contributed by atoms with van der Waals surface area (Å²) in [6, 6.07) is 0. The van der Waals surface area contributed by atoms with Crippen molar-refractivity contribution < 1.29 is 0 Å². The van der Waals surface area contributed by atoms with E-state index in [1.165, 1.54) is 57.8 Å². The molecule has 0 nitrogen and oxygen atoms in total. The van der Waals surface area contributed by atoms with Crippen molar-refractivity contribution in [2.24, 2.45) is 35.0 Å². The Hall–Kier alpha value is 0. The third kappa shape index (κ3) is 7.05. The van der Waals surface area contributed by atoms with E-state index in [9.17, 15) is 0 Å². The Balaban J connectivity index is 0.000000235. The Morgan fingerprint density at radius 3 is 1.32 bits per heavy atom. The highest BCUT2D eigenvalue weighted by molar-refractivity contribution is 4.81. The average molecular weight is 309 g/mol. The van der Waals surface area contributed by atoms with Crippen molar-refractivity contribution in [3.63, 3.8) is 0 Å². The molecule has 2 aliphatic carbocycles. The van der Waals surface area contributed by atoms with Gasteiger partial charge >= 0.3 is 0 Å². The van der Waals surface area contributed by atoms with Crippen LogP contribution in [0.15, 0.2) is 0 Å². The van der Waals surface area contributed by atoms with Gasteiger partial charge in [-0.1, -0.05) is 80.6 Å². The van der Waals surface area contributed by atoms with Gasteiger partial charge in [0.1, 0.15) is 0 Å². The zero-order valence-electron chi connectivity index (χ0n) is 16.8. The van der Waals surface area contributed by atoms with E-state index in [0.717, 1.165) is 29.6 Å². The lowest BCUT2D eigenvalue weighted by atomic mass is 9.68. The van der Waals surface area contributed by atoms with Crippen LogP contribution in [0.5, 0.6) is 0 Å². The molecule has 0 aromatic rings. The zero-order valence-corrected chi connectivity index (χ0v) is 16.8. The summed E-state index contributed by atoms with van der Waals surface area (Å²) in [6.45, 7) is 16.7. The lowest BCUT2D eigenvalue weighted by Crippen LogP contribution is -2.27. The second kappa shape index (κ2) is 9.33. The van der Waals surface area contributed by atoms with Crippen LogP contribution in [0.2, 0.25) is 0 Å². The molecule has 0 bridgehead atoms. The molecule has 0 radical (unpaired) electrons. The van der Waals surface area contributed by atoms with Crippen LogP contribution in [0.25, 0.3) is 0 Å². The fraction of sp³-hybridized carbons (Fsp3) is 1.00. The van der Waals surface area contributed by atoms with Crippen LogP contribution in [0, 0.1) is 35.0 Å². The Bertz CT molecular complexity index is 267. The molecule has 22 heavy (non-hydrogen) atoms. The molecule has 0 saturated heterocycles. The van der Waals surface area contributed by atoms with E-state index in [-0.39, 0.29) is 0 Å². The first-order valence-electron chi connectivity index (χ1n) is 10.2. The van der Waals surface area contributed by atoms with Gasteiger partial charge in [0.25, 0.3) is 0 Å². The highest BCUT2D eigenvalue weighted by atomic mass is 14.4. The first-order chi connectivity index (χ1) is 10.2. The van der Waals surface area contributed by atoms with Gasteiger partial charge in [0.2, 0.25) is 0 Å². The van der Waals surface area contributed by atoms with Crippen LogP contribution in [-0.4, -0.2) is 0 Å². The van der Waals surface area contributed by atoms with Gasteiger partial charge in [-0.3, -0.25) is 0 Å². The molecule has 132 valence electrons. The molecule has 2 saturated carbocycles. The molecule has 2 fully saturated rings. The molecular weight excluding hydrogens is 264 g/mol. The highest BCUT2D eigenvalue weighted by Gasteiger charge is 2.30. The van der Waals surface area contributed by atoms with E-state index >= 15 is 0 Å². The molecule has 0 aromatic heterocycles. The van der Waals surface area contributed by atoms with Gasteiger partial charge in [-0.15, -0.1) is 0 Å². The lowest BCUT2D eigenvalue weighted by Gasteiger charge is -2.38. The number of rotatable bonds is 2. The van der Waals surface area contributed by atoms with Crippen molar-refractivity contribution in [3.05, 3.63) is 0 Å². The van der Waals surface area contributed by atoms with E-state index in [1.54, 1.807) is 0 Å². The van der Waals surface area contributed by atoms with Gasteiger partial charge in [0, 0.05) is 0 Å². The molecular formula is C22H44. The van der Waals surface area contributed by atoms with Crippen LogP contribution in [0.4, 0.5) is 0 Å². The van der Waals surface area contributed by atoms with Crippen molar-refractivity contribution in [1.82, 2.24) is 0 Å². The Labute approximate surface area is 141 Å². The van der Waals surface area contributed by atoms with Crippen LogP contribution in [0.1, 0.15) is 106 Å². The largest absolute Gasteiger partial charge is 0.0625 e. The van der Waals surface area contributed by atoms with Crippen molar-refractivity contribution in [3.8, 4) is 0 Å². The van der Waals surface area contributed by atoms with Gasteiger partial charge in [0.05, 0.1) is 0 Å². The quantitative estimate of drug-likeness (QED) is 0.490. The second-order valence-electron chi connectivity index (χ2n) is 9.86. The summed E-state index contributed by atoms with van der Waals surface area (Å²) in [6.07, 6.45) is 13.3. The highest BCUT2D eigenvalue weighted by Crippen LogP contribution is 2.41. The first kappa shape index (κ1) is 20.0. The van der Waals surface area contributed by atoms with E-state index in [2.05, 4.69) is 48.5 Å². The summed E-state index contributed by atoms with van der Waals surface area (Å²) in [4.78, 5) is 0. The SMILES string of the molecule is CC(C)C1CCC(C(C)(C)C)CC1.CC(C)C1CCCCC1. The monoisotopic (exact) mass is 308 g/mol. The smallest absolute Gasteiger partial charge is 0.0354 e. The average Bonchev–Trinajstić information content (AvgIpc) is 2.48. The summed E-state index contributed by atoms with van der Waals surface area (Å²) in [5.74, 6) is 4.88. The van der Waals surface area contributed by atoms with Crippen molar-refractivity contribution >= 4 is 0 Å². The Morgan fingerprint density at radius 1 is 0.591 bits per heavy atom. The van der Waals surface area contributed by atoms with E-state index in [1.807, 2.05) is 0 Å². The maximum atomic E-state index is 2.40. The van der Waals surface area contributed by atoms with Crippen LogP contribution in [-0.2, 0) is 0 Å². The molecule has 2 rings (SSSR count). The molecule has 0 N–H and O–H groups in total. The predicted molar refractivity (Wildman–Crippen MR) is 101 cm³/mol. The molecule has 0 heterocycles. The molecule has 0 amide bonds. The topological polar surface area (TPSA) is 0 Å². The van der Waals surface area contributed by atoms with Crippen LogP contribution >= 0.6 is 0 Å². The second-order valence-corrected chi connectivity index (χ2v) is 9.86. The van der Waals surface area contributed by atoms with Crippen molar-refractivity contribution in [2.45, 2.75) is 106 Å². The Morgan fingerprint density at radius 2 is 1.00 bits per heavy atom. The molecule has 0 unspecified atom stereocenters. The minimum atomic E-state index is 0.544. The predicted octanol–water partition coefficient (Wildman–Crippen LogP) is 7.72. The maximum Gasteiger partial charge on any atom is -0.0354 e. The lowest BCUT2D eigenvalue weighted by molar-refractivity contribution is 0.132. The number of hydrogen-bond donors (Lipinski definition) is 0. The minimum Gasteiger partial charge on any atom is -0.0625 e. The Kier molecular flexibility index (Phi) is 8.50. The molecule has 0 spiro atoms. The summed E-state index contributed by atoms with van der Waals surface area (Å²) in [5.41, 5.74) is 0.544. The summed E-state index contributed by atoms with van der Waals surface area (Å²) in [5, 5.41) is 0. The number of hydrogen-bond acceptors (Lipinski definition) is 0.